The van der Waals surface area contributed by atoms with E-state index >= 15 is 0 Å². The Morgan fingerprint density at radius 2 is 1.85 bits per heavy atom. The number of epoxide rings is 1. The van der Waals surface area contributed by atoms with Crippen LogP contribution in [0.5, 0.6) is 0 Å². The van der Waals surface area contributed by atoms with Gasteiger partial charge in [0.15, 0.2) is 17.0 Å². The average molecular weight is 649 g/mol. The van der Waals surface area contributed by atoms with Crippen LogP contribution in [0, 0.1) is 17.8 Å². The maximum atomic E-state index is 13.8. The van der Waals surface area contributed by atoms with Gasteiger partial charge in [0, 0.05) is 23.8 Å². The van der Waals surface area contributed by atoms with Crippen LogP contribution < -0.4 is 0 Å². The summed E-state index contributed by atoms with van der Waals surface area (Å²) >= 11 is 0. The largest absolute Gasteiger partial charge is 0.455 e. The van der Waals surface area contributed by atoms with Crippen molar-refractivity contribution < 1.29 is 48.6 Å². The molecule has 7 rings (SSSR count). The zero-order chi connectivity index (χ0) is 33.6. The zero-order valence-electron chi connectivity index (χ0n) is 27.3. The summed E-state index contributed by atoms with van der Waals surface area (Å²) < 4.78 is 33.2. The quantitative estimate of drug-likeness (QED) is 0.113. The highest BCUT2D eigenvalue weighted by atomic mass is 16.9. The van der Waals surface area contributed by atoms with Gasteiger partial charge in [0.05, 0.1) is 17.8 Å². The third-order valence-corrected chi connectivity index (χ3v) is 11.5. The first-order valence-corrected chi connectivity index (χ1v) is 16.7. The molecule has 3 aliphatic heterocycles. The van der Waals surface area contributed by atoms with Crippen molar-refractivity contribution in [1.82, 2.24) is 0 Å². The van der Waals surface area contributed by atoms with Crippen LogP contribution in [0.4, 0.5) is 0 Å². The predicted molar refractivity (Wildman–Crippen MR) is 169 cm³/mol. The minimum Gasteiger partial charge on any atom is -0.455 e. The van der Waals surface area contributed by atoms with E-state index in [1.54, 1.807) is 62.4 Å². The van der Waals surface area contributed by atoms with Crippen LogP contribution in [0.25, 0.3) is 0 Å². The predicted octanol–water partition coefficient (Wildman–Crippen LogP) is 3.70. The zero-order valence-corrected chi connectivity index (χ0v) is 27.3. The first-order chi connectivity index (χ1) is 22.4. The van der Waals surface area contributed by atoms with E-state index in [0.29, 0.717) is 11.1 Å². The van der Waals surface area contributed by atoms with Crippen LogP contribution in [-0.4, -0.2) is 86.5 Å². The molecule has 0 radical (unpaired) electrons. The van der Waals surface area contributed by atoms with Gasteiger partial charge < -0.3 is 39.0 Å². The Balaban J connectivity index is 1.41. The van der Waals surface area contributed by atoms with Gasteiger partial charge in [-0.15, -0.1) is 0 Å². The average Bonchev–Trinajstić information content (AvgIpc) is 3.69. The number of Topliss-reactive ketones (excluding diaryl/α,β-unsaturated/α-hetero) is 1. The van der Waals surface area contributed by atoms with Crippen LogP contribution in [0.3, 0.4) is 0 Å². The molecule has 3 heterocycles. The van der Waals surface area contributed by atoms with Gasteiger partial charge >= 0.3 is 11.9 Å². The van der Waals surface area contributed by atoms with Crippen molar-refractivity contribution in [2.75, 3.05) is 6.61 Å². The van der Waals surface area contributed by atoms with Crippen molar-refractivity contribution in [1.29, 1.82) is 0 Å². The van der Waals surface area contributed by atoms with Crippen molar-refractivity contribution in [3.63, 3.8) is 0 Å². The number of carbonyl (C=O) groups is 2. The fourth-order valence-electron chi connectivity index (χ4n) is 9.24. The highest BCUT2D eigenvalue weighted by Gasteiger charge is 2.90. The van der Waals surface area contributed by atoms with E-state index in [9.17, 15) is 24.9 Å². The second-order valence-corrected chi connectivity index (χ2v) is 14.1. The number of esters is 1. The molecule has 10 heteroatoms. The number of allylic oxidation sites excluding steroid dienone is 3. The monoisotopic (exact) mass is 648 g/mol. The second-order valence-electron chi connectivity index (χ2n) is 14.1. The van der Waals surface area contributed by atoms with Crippen molar-refractivity contribution in [2.24, 2.45) is 17.8 Å². The molecule has 47 heavy (non-hydrogen) atoms. The smallest absolute Gasteiger partial charge is 0.338 e. The molecular formula is C37H44O10. The molecule has 3 N–H and O–H groups in total. The van der Waals surface area contributed by atoms with Crippen molar-refractivity contribution >= 4 is 11.8 Å². The fraction of sp³-hybridized carbons (Fsp3) is 0.568. The molecular weight excluding hydrogens is 604 g/mol. The number of unbranched alkanes of at least 4 members (excludes halogenated alkanes) is 3. The summed E-state index contributed by atoms with van der Waals surface area (Å²) in [6.07, 6.45) is 8.51. The molecule has 3 aliphatic carbocycles. The van der Waals surface area contributed by atoms with E-state index in [1.165, 1.54) is 0 Å². The molecule has 3 saturated heterocycles. The molecule has 1 unspecified atom stereocenters. The molecule has 10 nitrogen and oxygen atoms in total. The molecule has 1 aromatic rings. The molecule has 0 aromatic heterocycles. The number of fused-ring (bicyclic) bond motifs is 3. The fourth-order valence-corrected chi connectivity index (χ4v) is 9.24. The summed E-state index contributed by atoms with van der Waals surface area (Å²) in [5.74, 6) is -5.81. The van der Waals surface area contributed by atoms with E-state index in [2.05, 4.69) is 13.5 Å². The Morgan fingerprint density at radius 1 is 1.11 bits per heavy atom. The van der Waals surface area contributed by atoms with Gasteiger partial charge in [-0.3, -0.25) is 4.79 Å². The van der Waals surface area contributed by atoms with Crippen LogP contribution in [0.1, 0.15) is 63.7 Å². The molecule has 3 bridgehead atoms. The van der Waals surface area contributed by atoms with E-state index in [1.807, 2.05) is 19.1 Å². The van der Waals surface area contributed by atoms with E-state index in [0.717, 1.165) is 25.7 Å². The number of ketones is 1. The second kappa shape index (κ2) is 11.0. The van der Waals surface area contributed by atoms with Crippen LogP contribution in [0.15, 0.2) is 78.4 Å². The molecule has 1 aromatic carbocycles. The standard InChI is InChI=1S/C37H44O10/c1-6-7-8-9-10-11-15-18-34-45-30-26-29-33(20-38,44-29)32(41)35(42)25(19-22(4)27(35)39)37(26,47-34)23(5)28(36(30,46-34)21(2)3)43-31(40)24-16-13-12-14-17-24/h10-19,23,25-26,28-30,32,38,41-42H,2,6-9,20H2,1,3-5H3/b11-10+,18-15?/t23-,25?,26+,28-,29+,30-,32-,33+,34-,35-,36+,37+/m1/s1. The summed E-state index contributed by atoms with van der Waals surface area (Å²) in [6.45, 7) is 11.0. The van der Waals surface area contributed by atoms with E-state index < -0.39 is 88.9 Å². The number of ether oxygens (including phenoxy) is 5. The number of hydrogen-bond acceptors (Lipinski definition) is 10. The minimum absolute atomic E-state index is 0.238. The van der Waals surface area contributed by atoms with Crippen LogP contribution >= 0.6 is 0 Å². The first kappa shape index (κ1) is 32.6. The van der Waals surface area contributed by atoms with Crippen molar-refractivity contribution in [3.8, 4) is 0 Å². The SMILES string of the molecule is C=C(C)[C@@]12O[C@@]3(C=C/C=C/CCCCC)O[C@@H]1[C@@H]1[C@@H]4O[C@]4(CO)[C@@H](O)[C@]4(O)C(=O)C(C)=CC4[C@@]1(O3)[C@H](C)[C@H]2OC(=O)c1ccccc1. The number of aliphatic hydroxyl groups is 3. The lowest BCUT2D eigenvalue weighted by Crippen LogP contribution is -2.76. The number of benzene rings is 1. The summed E-state index contributed by atoms with van der Waals surface area (Å²) in [5, 5.41) is 34.9. The summed E-state index contributed by atoms with van der Waals surface area (Å²) in [4.78, 5) is 27.6. The van der Waals surface area contributed by atoms with E-state index in [4.69, 9.17) is 23.7 Å². The summed E-state index contributed by atoms with van der Waals surface area (Å²) in [5.41, 5.74) is -6.01. The normalized spacial score (nSPS) is 45.8. The molecule has 2 saturated carbocycles. The van der Waals surface area contributed by atoms with Gasteiger partial charge in [0.2, 0.25) is 0 Å². The van der Waals surface area contributed by atoms with E-state index in [-0.39, 0.29) is 5.57 Å². The maximum absolute atomic E-state index is 13.8. The van der Waals surface area contributed by atoms with Crippen LogP contribution in [0.2, 0.25) is 0 Å². The van der Waals surface area contributed by atoms with Crippen molar-refractivity contribution in [3.05, 3.63) is 84.0 Å². The Kier molecular flexibility index (Phi) is 7.65. The molecule has 6 aliphatic rings. The lowest BCUT2D eigenvalue weighted by atomic mass is 9.53. The highest BCUT2D eigenvalue weighted by Crippen LogP contribution is 2.73. The third kappa shape index (κ3) is 4.16. The molecule has 5 fully saturated rings. The number of hydrogen-bond donors (Lipinski definition) is 3. The Morgan fingerprint density at radius 3 is 2.53 bits per heavy atom. The van der Waals surface area contributed by atoms with Gasteiger partial charge in [0.25, 0.3) is 0 Å². The van der Waals surface area contributed by atoms with Gasteiger partial charge in [-0.25, -0.2) is 4.79 Å². The molecule has 0 spiro atoms. The lowest BCUT2D eigenvalue weighted by molar-refractivity contribution is -0.407. The van der Waals surface area contributed by atoms with Crippen LogP contribution in [-0.2, 0) is 28.5 Å². The number of rotatable bonds is 10. The first-order valence-electron chi connectivity index (χ1n) is 16.7. The molecule has 0 amide bonds. The Hall–Kier alpha value is -2.96. The topological polar surface area (TPSA) is 144 Å². The van der Waals surface area contributed by atoms with Gasteiger partial charge in [-0.05, 0) is 50.0 Å². The lowest BCUT2D eigenvalue weighted by Gasteiger charge is -2.61. The maximum Gasteiger partial charge on any atom is 0.338 e. The number of aliphatic hydroxyl groups excluding tert-OH is 2. The summed E-state index contributed by atoms with van der Waals surface area (Å²) in [7, 11) is 0. The van der Waals surface area contributed by atoms with Gasteiger partial charge in [0.1, 0.15) is 30.0 Å². The highest BCUT2D eigenvalue weighted by molar-refractivity contribution is 6.05. The third-order valence-electron chi connectivity index (χ3n) is 11.5. The number of carbonyl (C=O) groups excluding carboxylic acids is 2. The van der Waals surface area contributed by atoms with Gasteiger partial charge in [-0.1, -0.05) is 75.8 Å². The summed E-state index contributed by atoms with van der Waals surface area (Å²) in [6, 6.07) is 8.57. The minimum atomic E-state index is -2.41. The molecule has 12 atom stereocenters. The Bertz CT molecular complexity index is 1570. The molecule has 252 valence electrons. The van der Waals surface area contributed by atoms with Gasteiger partial charge in [-0.2, -0.15) is 0 Å². The van der Waals surface area contributed by atoms with Crippen molar-refractivity contribution in [2.45, 2.75) is 106 Å². The Labute approximate surface area is 274 Å².